The largest absolute Gasteiger partial charge is 0.490 e. The molecule has 0 saturated heterocycles. The van der Waals surface area contributed by atoms with Gasteiger partial charge in [-0.3, -0.25) is 9.48 Å². The summed E-state index contributed by atoms with van der Waals surface area (Å²) in [6.07, 6.45) is 2.62. The Bertz CT molecular complexity index is 1100. The first kappa shape index (κ1) is 18.0. The summed E-state index contributed by atoms with van der Waals surface area (Å²) < 4.78 is 7.60. The number of nitrogens with one attached hydrogen (secondary N) is 2. The van der Waals surface area contributed by atoms with E-state index in [2.05, 4.69) is 20.6 Å². The summed E-state index contributed by atoms with van der Waals surface area (Å²) in [6, 6.07) is 7.88. The van der Waals surface area contributed by atoms with Crippen LogP contribution in [0.5, 0.6) is 5.75 Å². The van der Waals surface area contributed by atoms with Gasteiger partial charge in [-0.25, -0.2) is 4.98 Å². The van der Waals surface area contributed by atoms with Gasteiger partial charge in [0.1, 0.15) is 17.2 Å². The number of aryl methyl sites for hydroxylation is 1. The molecule has 0 aliphatic carbocycles. The molecule has 150 valence electrons. The first-order chi connectivity index (χ1) is 13.9. The van der Waals surface area contributed by atoms with E-state index in [0.29, 0.717) is 18.0 Å². The fourth-order valence-corrected chi connectivity index (χ4v) is 4.72. The summed E-state index contributed by atoms with van der Waals surface area (Å²) in [4.78, 5) is 20.2. The van der Waals surface area contributed by atoms with E-state index < -0.39 is 0 Å². The smallest absolute Gasteiger partial charge is 0.263 e. The summed E-state index contributed by atoms with van der Waals surface area (Å²) >= 11 is 1.44. The van der Waals surface area contributed by atoms with Gasteiger partial charge in [-0.05, 0) is 32.0 Å². The molecule has 0 saturated carbocycles. The average Bonchev–Trinajstić information content (AvgIpc) is 3.26. The van der Waals surface area contributed by atoms with Crippen molar-refractivity contribution in [3.8, 4) is 5.75 Å². The number of ether oxygens (including phenoxy) is 1. The van der Waals surface area contributed by atoms with Crippen LogP contribution >= 0.6 is 11.3 Å². The minimum absolute atomic E-state index is 0.0425. The van der Waals surface area contributed by atoms with Crippen LogP contribution in [0, 0.1) is 0 Å². The molecule has 2 N–H and O–H groups in total. The highest BCUT2D eigenvalue weighted by molar-refractivity contribution is 7.17. The van der Waals surface area contributed by atoms with E-state index in [1.165, 1.54) is 11.3 Å². The van der Waals surface area contributed by atoms with Crippen molar-refractivity contribution < 1.29 is 9.53 Å². The second kappa shape index (κ2) is 6.48. The Balaban J connectivity index is 1.49. The van der Waals surface area contributed by atoms with Crippen LogP contribution in [0.25, 0.3) is 0 Å². The number of aromatic nitrogens is 3. The molecule has 0 spiro atoms. The number of thiazole rings is 1. The van der Waals surface area contributed by atoms with Gasteiger partial charge in [0.25, 0.3) is 5.91 Å². The summed E-state index contributed by atoms with van der Waals surface area (Å²) in [5, 5.41) is 11.6. The maximum absolute atomic E-state index is 12.5. The summed E-state index contributed by atoms with van der Waals surface area (Å²) in [7, 11) is 1.88. The number of rotatable bonds is 3. The zero-order chi connectivity index (χ0) is 20.2. The lowest BCUT2D eigenvalue weighted by molar-refractivity contribution is 0.0901. The van der Waals surface area contributed by atoms with Crippen molar-refractivity contribution >= 4 is 39.6 Å². The number of fused-ring (bicyclic) bond motifs is 2. The third-order valence-corrected chi connectivity index (χ3v) is 6.11. The predicted molar refractivity (Wildman–Crippen MR) is 113 cm³/mol. The van der Waals surface area contributed by atoms with E-state index in [1.54, 1.807) is 4.68 Å². The lowest BCUT2D eigenvalue weighted by atomic mass is 9.94. The quantitative estimate of drug-likeness (QED) is 0.690. The lowest BCUT2D eigenvalue weighted by Gasteiger charge is -2.29. The zero-order valence-electron chi connectivity index (χ0n) is 16.5. The van der Waals surface area contributed by atoms with Crippen LogP contribution in [0.15, 0.2) is 30.5 Å². The van der Waals surface area contributed by atoms with Gasteiger partial charge in [0, 0.05) is 37.0 Å². The molecule has 9 heteroatoms. The van der Waals surface area contributed by atoms with Crippen molar-refractivity contribution in [2.75, 3.05) is 23.4 Å². The van der Waals surface area contributed by atoms with E-state index >= 15 is 0 Å². The van der Waals surface area contributed by atoms with Gasteiger partial charge in [0.2, 0.25) is 0 Å². The minimum Gasteiger partial charge on any atom is -0.490 e. The van der Waals surface area contributed by atoms with Gasteiger partial charge in [-0.1, -0.05) is 11.3 Å². The highest BCUT2D eigenvalue weighted by Gasteiger charge is 2.34. The lowest BCUT2D eigenvalue weighted by Crippen LogP contribution is -2.48. The summed E-state index contributed by atoms with van der Waals surface area (Å²) in [5.41, 5.74) is 2.44. The Morgan fingerprint density at radius 1 is 1.31 bits per heavy atom. The van der Waals surface area contributed by atoms with Gasteiger partial charge in [0.15, 0.2) is 10.9 Å². The van der Waals surface area contributed by atoms with E-state index in [0.717, 1.165) is 40.2 Å². The molecule has 1 aromatic carbocycles. The van der Waals surface area contributed by atoms with Gasteiger partial charge in [-0.15, -0.1) is 0 Å². The number of hydrogen-bond acceptors (Lipinski definition) is 7. The Morgan fingerprint density at radius 2 is 2.17 bits per heavy atom. The fraction of sp³-hybridized carbons (Fsp3) is 0.350. The second-order valence-corrected chi connectivity index (χ2v) is 8.95. The van der Waals surface area contributed by atoms with Crippen LogP contribution in [0.3, 0.4) is 0 Å². The molecule has 29 heavy (non-hydrogen) atoms. The Hall–Kier alpha value is -3.07. The van der Waals surface area contributed by atoms with Crippen molar-refractivity contribution in [3.63, 3.8) is 0 Å². The molecule has 0 fully saturated rings. The Kier molecular flexibility index (Phi) is 4.02. The van der Waals surface area contributed by atoms with Crippen LogP contribution in [0.4, 0.5) is 22.3 Å². The maximum atomic E-state index is 12.5. The molecule has 3 aromatic rings. The standard InChI is InChI=1S/C20H22N6O2S/c1-20(2)11-13-17(18(27)23-20)29-19(22-13)26-8-9-28-15-5-4-12(10-14(15)26)21-16-6-7-25(3)24-16/h4-7,10H,8-9,11H2,1-3H3,(H,21,24)(H,23,27). The fourth-order valence-electron chi connectivity index (χ4n) is 3.70. The van der Waals surface area contributed by atoms with Gasteiger partial charge < -0.3 is 20.3 Å². The molecule has 2 aliphatic heterocycles. The highest BCUT2D eigenvalue weighted by Crippen LogP contribution is 2.42. The van der Waals surface area contributed by atoms with E-state index in [-0.39, 0.29) is 11.4 Å². The molecule has 8 nitrogen and oxygen atoms in total. The molecular weight excluding hydrogens is 388 g/mol. The number of anilines is 4. The summed E-state index contributed by atoms with van der Waals surface area (Å²) in [5.74, 6) is 1.54. The minimum atomic E-state index is -0.280. The molecule has 5 rings (SSSR count). The van der Waals surface area contributed by atoms with Crippen molar-refractivity contribution in [2.45, 2.75) is 25.8 Å². The molecular formula is C20H22N6O2S. The van der Waals surface area contributed by atoms with Crippen molar-refractivity contribution in [1.29, 1.82) is 0 Å². The van der Waals surface area contributed by atoms with Gasteiger partial charge in [0.05, 0.1) is 17.9 Å². The van der Waals surface area contributed by atoms with Gasteiger partial charge >= 0.3 is 0 Å². The van der Waals surface area contributed by atoms with Crippen molar-refractivity contribution in [2.24, 2.45) is 7.05 Å². The number of carbonyl (C=O) groups is 1. The van der Waals surface area contributed by atoms with E-state index in [1.807, 2.05) is 51.4 Å². The predicted octanol–water partition coefficient (Wildman–Crippen LogP) is 3.22. The first-order valence-corrected chi connectivity index (χ1v) is 10.3. The van der Waals surface area contributed by atoms with Gasteiger partial charge in [-0.2, -0.15) is 5.10 Å². The van der Waals surface area contributed by atoms with Crippen molar-refractivity contribution in [3.05, 3.63) is 41.0 Å². The van der Waals surface area contributed by atoms with Crippen LogP contribution in [0.2, 0.25) is 0 Å². The maximum Gasteiger partial charge on any atom is 0.263 e. The molecule has 2 aromatic heterocycles. The molecule has 2 aliphatic rings. The van der Waals surface area contributed by atoms with Crippen LogP contribution in [0.1, 0.15) is 29.2 Å². The first-order valence-electron chi connectivity index (χ1n) is 9.51. The highest BCUT2D eigenvalue weighted by atomic mass is 32.1. The molecule has 0 unspecified atom stereocenters. The Morgan fingerprint density at radius 3 is 2.97 bits per heavy atom. The Labute approximate surface area is 172 Å². The molecule has 0 atom stereocenters. The normalized spacial score (nSPS) is 17.2. The topological polar surface area (TPSA) is 84.3 Å². The summed E-state index contributed by atoms with van der Waals surface area (Å²) in [6.45, 7) is 5.29. The van der Waals surface area contributed by atoms with E-state index in [4.69, 9.17) is 9.72 Å². The van der Waals surface area contributed by atoms with Crippen LogP contribution < -0.4 is 20.3 Å². The number of carbonyl (C=O) groups excluding carboxylic acids is 1. The SMILES string of the molecule is Cn1ccc(Nc2ccc3c(c2)N(c2nc4c(s2)C(=O)NC(C)(C)C4)CCO3)n1. The van der Waals surface area contributed by atoms with Crippen LogP contribution in [-0.4, -0.2) is 39.4 Å². The number of nitrogens with zero attached hydrogens (tertiary/aromatic N) is 4. The number of hydrogen-bond donors (Lipinski definition) is 2. The average molecular weight is 411 g/mol. The number of amides is 1. The molecule has 0 bridgehead atoms. The third-order valence-electron chi connectivity index (χ3n) is 4.99. The van der Waals surface area contributed by atoms with Crippen LogP contribution in [-0.2, 0) is 13.5 Å². The van der Waals surface area contributed by atoms with E-state index in [9.17, 15) is 4.79 Å². The monoisotopic (exact) mass is 410 g/mol. The second-order valence-electron chi connectivity index (χ2n) is 7.97. The zero-order valence-corrected chi connectivity index (χ0v) is 17.3. The third kappa shape index (κ3) is 3.31. The molecule has 0 radical (unpaired) electrons. The van der Waals surface area contributed by atoms with Crippen molar-refractivity contribution in [1.82, 2.24) is 20.1 Å². The number of benzene rings is 1. The molecule has 1 amide bonds. The molecule has 4 heterocycles.